The van der Waals surface area contributed by atoms with E-state index in [9.17, 15) is 35.9 Å². The maximum atomic E-state index is 14.5. The number of sulfone groups is 1. The number of alkyl halides is 4. The van der Waals surface area contributed by atoms with Crippen LogP contribution in [-0.2, 0) is 19.4 Å². The van der Waals surface area contributed by atoms with Crippen LogP contribution < -0.4 is 5.32 Å². The van der Waals surface area contributed by atoms with Gasteiger partial charge in [0.2, 0.25) is 5.91 Å². The first-order valence-corrected chi connectivity index (χ1v) is 14.5. The third-order valence-electron chi connectivity index (χ3n) is 7.12. The van der Waals surface area contributed by atoms with E-state index in [1.807, 2.05) is 0 Å². The fourth-order valence-corrected chi connectivity index (χ4v) is 5.87. The first-order chi connectivity index (χ1) is 18.2. The Balaban J connectivity index is 1.58. The van der Waals surface area contributed by atoms with E-state index < -0.39 is 58.4 Å². The summed E-state index contributed by atoms with van der Waals surface area (Å²) in [4.78, 5) is 14.7. The Bertz CT molecular complexity index is 1270. The molecule has 2 aromatic rings. The summed E-state index contributed by atoms with van der Waals surface area (Å²) in [7, 11) is -3.39. The van der Waals surface area contributed by atoms with E-state index in [-0.39, 0.29) is 35.9 Å². The van der Waals surface area contributed by atoms with E-state index in [2.05, 4.69) is 5.32 Å². The Hall–Kier alpha value is -2.54. The molecule has 0 aliphatic carbocycles. The lowest BCUT2D eigenvalue weighted by molar-refractivity contribution is -0.163. The fraction of sp³-hybridized carbons (Fsp3) is 0.519. The van der Waals surface area contributed by atoms with Gasteiger partial charge in [0.05, 0.1) is 30.1 Å². The largest absolute Gasteiger partial charge is 0.407 e. The molecule has 6 atom stereocenters. The number of carbonyl (C=O) groups excluding carboxylic acids is 1. The lowest BCUT2D eigenvalue weighted by atomic mass is 9.97. The van der Waals surface area contributed by atoms with Crippen LogP contribution >= 0.6 is 0 Å². The molecule has 1 amide bonds. The van der Waals surface area contributed by atoms with Crippen LogP contribution in [0.1, 0.15) is 31.9 Å². The minimum Gasteiger partial charge on any atom is -0.388 e. The number of nitrogens with zero attached hydrogens (tertiary/aromatic N) is 1. The van der Waals surface area contributed by atoms with Gasteiger partial charge in [-0.2, -0.15) is 13.2 Å². The zero-order valence-electron chi connectivity index (χ0n) is 21.7. The zero-order valence-corrected chi connectivity index (χ0v) is 22.5. The Morgan fingerprint density at radius 2 is 1.67 bits per heavy atom. The molecule has 214 valence electrons. The van der Waals surface area contributed by atoms with Crippen LogP contribution in [0.15, 0.2) is 53.4 Å². The van der Waals surface area contributed by atoms with E-state index >= 15 is 0 Å². The number of fused-ring (bicyclic) bond motifs is 1. The van der Waals surface area contributed by atoms with Crippen molar-refractivity contribution < 1.29 is 40.6 Å². The molecule has 2 heterocycles. The van der Waals surface area contributed by atoms with Crippen molar-refractivity contribution in [1.29, 1.82) is 0 Å². The summed E-state index contributed by atoms with van der Waals surface area (Å²) in [6.45, 7) is 3.04. The van der Waals surface area contributed by atoms with E-state index in [1.165, 1.54) is 36.4 Å². The number of carbonyl (C=O) groups is 1. The standard InChI is InChI=1S/C27H32F4N2O5S/c1-15(2)12-21(26(35)33-13-20(28)24-23(33)22(34)14-38-24)32-25(27(29,30)31)18-6-4-16(5-7-18)17-8-10-19(11-9-17)39(3,36)37/h4-11,15,20-25,32,34H,12-14H2,1-3H3/t20-,21?,22-,23+,24+,25-/m0/s1. The quantitative estimate of drug-likeness (QED) is 0.469. The molecule has 12 heteroatoms. The number of nitrogens with one attached hydrogen (secondary N) is 1. The first-order valence-electron chi connectivity index (χ1n) is 12.6. The van der Waals surface area contributed by atoms with Gasteiger partial charge in [-0.3, -0.25) is 10.1 Å². The Kier molecular flexibility index (Phi) is 8.42. The van der Waals surface area contributed by atoms with Gasteiger partial charge in [0.1, 0.15) is 24.4 Å². The molecule has 39 heavy (non-hydrogen) atoms. The number of aliphatic hydroxyl groups is 1. The molecule has 2 saturated heterocycles. The normalized spacial score (nSPS) is 25.1. The number of amides is 1. The van der Waals surface area contributed by atoms with Gasteiger partial charge in [-0.15, -0.1) is 0 Å². The van der Waals surface area contributed by atoms with Crippen molar-refractivity contribution in [2.45, 2.75) is 67.8 Å². The molecular formula is C27H32F4N2O5S. The monoisotopic (exact) mass is 572 g/mol. The summed E-state index contributed by atoms with van der Waals surface area (Å²) >= 11 is 0. The van der Waals surface area contributed by atoms with Crippen LogP contribution in [0.4, 0.5) is 17.6 Å². The number of likely N-dealkylation sites (tertiary alicyclic amines) is 1. The van der Waals surface area contributed by atoms with Gasteiger partial charge in [0, 0.05) is 6.26 Å². The van der Waals surface area contributed by atoms with Crippen LogP contribution in [0.5, 0.6) is 0 Å². The van der Waals surface area contributed by atoms with Gasteiger partial charge in [-0.05, 0) is 41.2 Å². The van der Waals surface area contributed by atoms with Crippen molar-refractivity contribution in [3.05, 3.63) is 54.1 Å². The number of aliphatic hydroxyl groups excluding tert-OH is 1. The predicted molar refractivity (Wildman–Crippen MR) is 136 cm³/mol. The van der Waals surface area contributed by atoms with Crippen molar-refractivity contribution in [3.8, 4) is 11.1 Å². The van der Waals surface area contributed by atoms with Crippen LogP contribution in [0, 0.1) is 5.92 Å². The summed E-state index contributed by atoms with van der Waals surface area (Å²) in [6, 6.07) is 7.20. The van der Waals surface area contributed by atoms with E-state index in [4.69, 9.17) is 4.74 Å². The third kappa shape index (κ3) is 6.45. The van der Waals surface area contributed by atoms with Crippen LogP contribution in [0.3, 0.4) is 0 Å². The highest BCUT2D eigenvalue weighted by Crippen LogP contribution is 2.36. The Labute approximate surface area is 225 Å². The lowest BCUT2D eigenvalue weighted by Crippen LogP contribution is -2.54. The lowest BCUT2D eigenvalue weighted by Gasteiger charge is -2.33. The summed E-state index contributed by atoms with van der Waals surface area (Å²) < 4.78 is 86.0. The number of halogens is 4. The Morgan fingerprint density at radius 1 is 1.10 bits per heavy atom. The van der Waals surface area contributed by atoms with Crippen molar-refractivity contribution in [1.82, 2.24) is 10.2 Å². The highest BCUT2D eigenvalue weighted by Gasteiger charge is 2.54. The van der Waals surface area contributed by atoms with Crippen LogP contribution in [0.25, 0.3) is 11.1 Å². The molecule has 0 spiro atoms. The summed E-state index contributed by atoms with van der Waals surface area (Å²) in [5, 5.41) is 12.7. The Morgan fingerprint density at radius 3 is 2.18 bits per heavy atom. The number of hydrogen-bond acceptors (Lipinski definition) is 6. The highest BCUT2D eigenvalue weighted by atomic mass is 32.2. The van der Waals surface area contributed by atoms with Gasteiger partial charge in [-0.25, -0.2) is 12.8 Å². The second kappa shape index (κ2) is 11.1. The number of hydrogen-bond donors (Lipinski definition) is 2. The average molecular weight is 573 g/mol. The summed E-state index contributed by atoms with van der Waals surface area (Å²) in [5.74, 6) is -0.859. The molecule has 0 bridgehead atoms. The summed E-state index contributed by atoms with van der Waals surface area (Å²) in [5.41, 5.74) is 1.09. The average Bonchev–Trinajstić information content (AvgIpc) is 3.40. The predicted octanol–water partition coefficient (Wildman–Crippen LogP) is 3.67. The van der Waals surface area contributed by atoms with Crippen molar-refractivity contribution in [2.24, 2.45) is 5.92 Å². The molecule has 1 unspecified atom stereocenters. The zero-order chi connectivity index (χ0) is 28.7. The fourth-order valence-electron chi connectivity index (χ4n) is 5.23. The SMILES string of the molecule is CC(C)CC(N[C@@H](c1ccc(-c2ccc(S(C)(=O)=O)cc2)cc1)C(F)(F)F)C(=O)N1C[C@H](F)[C@H]2OC[C@H](O)[C@H]21. The molecule has 0 radical (unpaired) electrons. The number of benzene rings is 2. The first kappa shape index (κ1) is 29.4. The molecule has 7 nitrogen and oxygen atoms in total. The van der Waals surface area contributed by atoms with Gasteiger partial charge in [0.15, 0.2) is 9.84 Å². The van der Waals surface area contributed by atoms with Gasteiger partial charge < -0.3 is 14.7 Å². The second-order valence-electron chi connectivity index (χ2n) is 10.6. The molecule has 2 aliphatic rings. The van der Waals surface area contributed by atoms with E-state index in [0.29, 0.717) is 11.1 Å². The van der Waals surface area contributed by atoms with Gasteiger partial charge >= 0.3 is 6.18 Å². The van der Waals surface area contributed by atoms with E-state index in [1.54, 1.807) is 26.0 Å². The summed E-state index contributed by atoms with van der Waals surface area (Å²) in [6.07, 6.45) is -7.25. The van der Waals surface area contributed by atoms with E-state index in [0.717, 1.165) is 11.2 Å². The second-order valence-corrected chi connectivity index (χ2v) is 12.6. The number of rotatable bonds is 8. The van der Waals surface area contributed by atoms with Gasteiger partial charge in [-0.1, -0.05) is 50.2 Å². The maximum Gasteiger partial charge on any atom is 0.407 e. The molecule has 4 rings (SSSR count). The molecule has 0 saturated carbocycles. The molecule has 2 aliphatic heterocycles. The van der Waals surface area contributed by atoms with Crippen molar-refractivity contribution in [3.63, 3.8) is 0 Å². The minimum absolute atomic E-state index is 0.0674. The van der Waals surface area contributed by atoms with Crippen molar-refractivity contribution >= 4 is 15.7 Å². The van der Waals surface area contributed by atoms with Gasteiger partial charge in [0.25, 0.3) is 0 Å². The molecule has 2 N–H and O–H groups in total. The maximum absolute atomic E-state index is 14.5. The minimum atomic E-state index is -4.75. The van der Waals surface area contributed by atoms with Crippen LogP contribution in [-0.4, -0.2) is 80.4 Å². The molecule has 2 fully saturated rings. The third-order valence-corrected chi connectivity index (χ3v) is 8.25. The molecule has 0 aromatic heterocycles. The highest BCUT2D eigenvalue weighted by molar-refractivity contribution is 7.90. The molecular weight excluding hydrogens is 540 g/mol. The smallest absolute Gasteiger partial charge is 0.388 e. The van der Waals surface area contributed by atoms with Crippen LogP contribution in [0.2, 0.25) is 0 Å². The number of ether oxygens (including phenoxy) is 1. The topological polar surface area (TPSA) is 95.9 Å². The molecule has 2 aromatic carbocycles. The van der Waals surface area contributed by atoms with Crippen molar-refractivity contribution in [2.75, 3.05) is 19.4 Å².